The predicted octanol–water partition coefficient (Wildman–Crippen LogP) is 4.03. The molecule has 0 bridgehead atoms. The Morgan fingerprint density at radius 1 is 1.34 bits per heavy atom. The molecule has 158 valence electrons. The Labute approximate surface area is 177 Å². The first-order chi connectivity index (χ1) is 14.1. The van der Waals surface area contributed by atoms with Gasteiger partial charge in [0, 0.05) is 31.1 Å². The zero-order chi connectivity index (χ0) is 20.6. The summed E-state index contributed by atoms with van der Waals surface area (Å²) in [7, 11) is 3.97. The van der Waals surface area contributed by atoms with Crippen LogP contribution in [0.4, 0.5) is 4.39 Å². The van der Waals surface area contributed by atoms with Crippen LogP contribution in [0, 0.1) is 11.7 Å². The van der Waals surface area contributed by atoms with Gasteiger partial charge in [0.1, 0.15) is 0 Å². The van der Waals surface area contributed by atoms with E-state index in [1.54, 1.807) is 13.1 Å². The Bertz CT molecular complexity index is 796. The zero-order valence-corrected chi connectivity index (χ0v) is 18.3. The van der Waals surface area contributed by atoms with Crippen molar-refractivity contribution < 1.29 is 9.13 Å². The van der Waals surface area contributed by atoms with Crippen molar-refractivity contribution in [2.45, 2.75) is 32.4 Å². The lowest BCUT2D eigenvalue weighted by molar-refractivity contribution is 0.125. The van der Waals surface area contributed by atoms with E-state index in [1.807, 2.05) is 24.3 Å². The summed E-state index contributed by atoms with van der Waals surface area (Å²) in [5, 5.41) is 8.90. The molecule has 0 aliphatic carbocycles. The molecule has 2 N–H and O–H groups in total. The molecule has 7 heteroatoms. The van der Waals surface area contributed by atoms with E-state index >= 15 is 0 Å². The highest BCUT2D eigenvalue weighted by atomic mass is 32.1. The molecular weight excluding hydrogens is 387 g/mol. The van der Waals surface area contributed by atoms with E-state index in [9.17, 15) is 4.39 Å². The fourth-order valence-corrected chi connectivity index (χ4v) is 4.93. The molecular formula is C22H31FN4OS. The van der Waals surface area contributed by atoms with Gasteiger partial charge in [0.25, 0.3) is 0 Å². The van der Waals surface area contributed by atoms with Crippen LogP contribution in [0.2, 0.25) is 0 Å². The molecule has 1 fully saturated rings. The Hall–Kier alpha value is -2.12. The molecule has 2 heterocycles. The first kappa shape index (κ1) is 21.6. The highest BCUT2D eigenvalue weighted by Gasteiger charge is 2.31. The number of nitrogens with zero attached hydrogens (tertiary/aromatic N) is 2. The van der Waals surface area contributed by atoms with Crippen molar-refractivity contribution in [3.05, 3.63) is 52.0 Å². The third-order valence-electron chi connectivity index (χ3n) is 5.35. The molecule has 0 saturated carbocycles. The number of piperidine rings is 1. The average molecular weight is 419 g/mol. The second-order valence-electron chi connectivity index (χ2n) is 7.35. The largest absolute Gasteiger partial charge is 0.491 e. The van der Waals surface area contributed by atoms with Gasteiger partial charge in [0.15, 0.2) is 17.5 Å². The number of halogens is 1. The van der Waals surface area contributed by atoms with Gasteiger partial charge in [-0.25, -0.2) is 4.39 Å². The van der Waals surface area contributed by atoms with Crippen LogP contribution in [-0.4, -0.2) is 44.7 Å². The van der Waals surface area contributed by atoms with E-state index in [1.165, 1.54) is 23.8 Å². The molecule has 1 aliphatic heterocycles. The van der Waals surface area contributed by atoms with E-state index in [0.717, 1.165) is 24.6 Å². The Morgan fingerprint density at radius 3 is 2.90 bits per heavy atom. The van der Waals surface area contributed by atoms with E-state index in [2.05, 4.69) is 45.1 Å². The zero-order valence-electron chi connectivity index (χ0n) is 17.5. The first-order valence-electron chi connectivity index (χ1n) is 10.2. The van der Waals surface area contributed by atoms with E-state index in [0.29, 0.717) is 30.9 Å². The van der Waals surface area contributed by atoms with Gasteiger partial charge in [0.05, 0.1) is 6.61 Å². The maximum absolute atomic E-state index is 14.0. The van der Waals surface area contributed by atoms with Crippen LogP contribution in [-0.2, 0) is 6.54 Å². The highest BCUT2D eigenvalue weighted by Crippen LogP contribution is 2.36. The van der Waals surface area contributed by atoms with Gasteiger partial charge >= 0.3 is 0 Å². The molecule has 1 aromatic heterocycles. The van der Waals surface area contributed by atoms with Gasteiger partial charge in [-0.2, -0.15) is 0 Å². The van der Waals surface area contributed by atoms with Crippen molar-refractivity contribution in [1.29, 1.82) is 0 Å². The minimum atomic E-state index is -0.335. The van der Waals surface area contributed by atoms with Crippen molar-refractivity contribution in [3.63, 3.8) is 0 Å². The average Bonchev–Trinajstić information content (AvgIpc) is 3.24. The minimum absolute atomic E-state index is 0.291. The number of hydrogen-bond donors (Lipinski definition) is 2. The molecule has 2 atom stereocenters. The summed E-state index contributed by atoms with van der Waals surface area (Å²) in [5.41, 5.74) is 0.850. The number of aliphatic imine (C=N–C) groups is 1. The number of hydrogen-bond acceptors (Lipinski definition) is 4. The van der Waals surface area contributed by atoms with Crippen LogP contribution in [0.3, 0.4) is 0 Å². The molecule has 1 saturated heterocycles. The molecule has 2 aromatic rings. The van der Waals surface area contributed by atoms with Crippen molar-refractivity contribution in [2.75, 3.05) is 33.8 Å². The number of nitrogens with one attached hydrogen (secondary N) is 2. The van der Waals surface area contributed by atoms with Crippen molar-refractivity contribution in [1.82, 2.24) is 15.5 Å². The second kappa shape index (κ2) is 10.6. The Morgan fingerprint density at radius 2 is 2.21 bits per heavy atom. The fraction of sp³-hybridized carbons (Fsp3) is 0.500. The summed E-state index contributed by atoms with van der Waals surface area (Å²) in [6.07, 6.45) is 2.41. The monoisotopic (exact) mass is 418 g/mol. The van der Waals surface area contributed by atoms with E-state index in [-0.39, 0.29) is 5.82 Å². The van der Waals surface area contributed by atoms with Gasteiger partial charge < -0.3 is 15.4 Å². The van der Waals surface area contributed by atoms with Crippen molar-refractivity contribution in [2.24, 2.45) is 10.9 Å². The summed E-state index contributed by atoms with van der Waals surface area (Å²) in [6.45, 7) is 4.78. The second-order valence-corrected chi connectivity index (χ2v) is 8.33. The van der Waals surface area contributed by atoms with Crippen LogP contribution >= 0.6 is 11.3 Å². The molecule has 0 amide bonds. The number of guanidine groups is 1. The van der Waals surface area contributed by atoms with Gasteiger partial charge in [-0.1, -0.05) is 12.1 Å². The van der Waals surface area contributed by atoms with Crippen LogP contribution in [0.15, 0.2) is 40.7 Å². The van der Waals surface area contributed by atoms with Gasteiger partial charge in [-0.15, -0.1) is 11.3 Å². The van der Waals surface area contributed by atoms with Crippen LogP contribution in [0.1, 0.15) is 36.2 Å². The number of likely N-dealkylation sites (tertiary alicyclic amines) is 1. The smallest absolute Gasteiger partial charge is 0.191 e. The topological polar surface area (TPSA) is 48.9 Å². The molecule has 1 aliphatic rings. The Kier molecular flexibility index (Phi) is 7.89. The van der Waals surface area contributed by atoms with E-state index < -0.39 is 0 Å². The number of thiophene rings is 1. The van der Waals surface area contributed by atoms with Crippen molar-refractivity contribution >= 4 is 17.3 Å². The number of ether oxygens (including phenoxy) is 1. The fourth-order valence-electron chi connectivity index (χ4n) is 3.94. The SMILES string of the molecule is CCOc1ccc(CNC(=NC)NCC2CCCN(C)C2c2cccs2)cc1F. The summed E-state index contributed by atoms with van der Waals surface area (Å²) in [4.78, 5) is 8.21. The van der Waals surface area contributed by atoms with Crippen LogP contribution < -0.4 is 15.4 Å². The first-order valence-corrected chi connectivity index (χ1v) is 11.1. The standard InChI is InChI=1S/C22H31FN4OS/c1-4-28-19-10-9-16(13-18(19)23)14-25-22(24-2)26-15-17-7-5-11-27(3)21(17)20-8-6-12-29-20/h6,8-10,12-13,17,21H,4-5,7,11,14-15H2,1-3H3,(H2,24,25,26). The number of rotatable bonds is 7. The maximum atomic E-state index is 14.0. The summed E-state index contributed by atoms with van der Waals surface area (Å²) in [6, 6.07) is 9.86. The predicted molar refractivity (Wildman–Crippen MR) is 118 cm³/mol. The quantitative estimate of drug-likeness (QED) is 0.526. The third-order valence-corrected chi connectivity index (χ3v) is 6.30. The normalized spacial score (nSPS) is 20.5. The van der Waals surface area contributed by atoms with Crippen LogP contribution in [0.25, 0.3) is 0 Å². The molecule has 2 unspecified atom stereocenters. The molecule has 29 heavy (non-hydrogen) atoms. The summed E-state index contributed by atoms with van der Waals surface area (Å²) >= 11 is 1.83. The van der Waals surface area contributed by atoms with Gasteiger partial charge in [0.2, 0.25) is 0 Å². The number of benzene rings is 1. The lowest BCUT2D eigenvalue weighted by atomic mass is 9.88. The Balaban J connectivity index is 1.55. The lowest BCUT2D eigenvalue weighted by Gasteiger charge is -2.39. The molecule has 3 rings (SSSR count). The summed E-state index contributed by atoms with van der Waals surface area (Å²) in [5.74, 6) is 1.21. The molecule has 1 aromatic carbocycles. The van der Waals surface area contributed by atoms with Crippen LogP contribution in [0.5, 0.6) is 5.75 Å². The van der Waals surface area contributed by atoms with E-state index in [4.69, 9.17) is 4.74 Å². The third kappa shape index (κ3) is 5.70. The highest BCUT2D eigenvalue weighted by molar-refractivity contribution is 7.10. The minimum Gasteiger partial charge on any atom is -0.491 e. The molecule has 5 nitrogen and oxygen atoms in total. The molecule has 0 radical (unpaired) electrons. The maximum Gasteiger partial charge on any atom is 0.191 e. The summed E-state index contributed by atoms with van der Waals surface area (Å²) < 4.78 is 19.3. The lowest BCUT2D eigenvalue weighted by Crippen LogP contribution is -2.44. The molecule has 0 spiro atoms. The van der Waals surface area contributed by atoms with Gasteiger partial charge in [-0.05, 0) is 68.4 Å². The van der Waals surface area contributed by atoms with Crippen molar-refractivity contribution in [3.8, 4) is 5.75 Å². The van der Waals surface area contributed by atoms with Gasteiger partial charge in [-0.3, -0.25) is 9.89 Å².